The van der Waals surface area contributed by atoms with Crippen molar-refractivity contribution in [2.75, 3.05) is 31.1 Å². The molecule has 0 bridgehead atoms. The van der Waals surface area contributed by atoms with Crippen LogP contribution in [0.15, 0.2) is 23.0 Å². The molecule has 1 fully saturated rings. The number of aryl methyl sites for hydroxylation is 2. The monoisotopic (exact) mass is 301 g/mol. The summed E-state index contributed by atoms with van der Waals surface area (Å²) in [5.41, 5.74) is 1.28. The maximum atomic E-state index is 12.7. The number of carbonyl (C=O) groups excluding carboxylic acids is 1. The van der Waals surface area contributed by atoms with E-state index in [1.165, 1.54) is 0 Å². The van der Waals surface area contributed by atoms with Crippen molar-refractivity contribution in [3.05, 3.63) is 35.5 Å². The zero-order valence-electron chi connectivity index (χ0n) is 12.8. The first-order valence-electron chi connectivity index (χ1n) is 7.47. The van der Waals surface area contributed by atoms with Gasteiger partial charge in [-0.15, -0.1) is 0 Å². The van der Waals surface area contributed by atoms with E-state index >= 15 is 0 Å². The van der Waals surface area contributed by atoms with E-state index < -0.39 is 0 Å². The van der Waals surface area contributed by atoms with Gasteiger partial charge in [0, 0.05) is 45.0 Å². The Balaban J connectivity index is 1.69. The highest BCUT2D eigenvalue weighted by atomic mass is 16.5. The predicted octanol–water partition coefficient (Wildman–Crippen LogP) is 1.30. The van der Waals surface area contributed by atoms with Crippen molar-refractivity contribution >= 4 is 11.9 Å². The lowest BCUT2D eigenvalue weighted by atomic mass is 10.1. The molecule has 2 aromatic heterocycles. The molecule has 0 aliphatic carbocycles. The molecule has 0 unspecified atom stereocenters. The van der Waals surface area contributed by atoms with Crippen molar-refractivity contribution in [3.8, 4) is 0 Å². The first-order chi connectivity index (χ1) is 10.7. The molecule has 0 saturated carbocycles. The number of aromatic nitrogens is 3. The molecular weight excluding hydrogens is 282 g/mol. The van der Waals surface area contributed by atoms with Crippen LogP contribution >= 0.6 is 0 Å². The van der Waals surface area contributed by atoms with Gasteiger partial charge < -0.3 is 14.3 Å². The Bertz CT molecular complexity index is 647. The molecule has 0 atom stereocenters. The second kappa shape index (κ2) is 6.13. The molecule has 116 valence electrons. The molecule has 1 saturated heterocycles. The Morgan fingerprint density at radius 3 is 2.55 bits per heavy atom. The highest BCUT2D eigenvalue weighted by Crippen LogP contribution is 2.18. The summed E-state index contributed by atoms with van der Waals surface area (Å²) in [6, 6.07) is 1.80. The number of anilines is 1. The van der Waals surface area contributed by atoms with E-state index in [1.807, 2.05) is 18.7 Å². The Labute approximate surface area is 128 Å². The molecule has 1 amide bonds. The third-order valence-electron chi connectivity index (χ3n) is 3.87. The fourth-order valence-corrected chi connectivity index (χ4v) is 2.65. The number of rotatable bonds is 3. The minimum atomic E-state index is 0.00392. The lowest BCUT2D eigenvalue weighted by Crippen LogP contribution is -2.49. The van der Waals surface area contributed by atoms with Crippen LogP contribution < -0.4 is 4.90 Å². The summed E-state index contributed by atoms with van der Waals surface area (Å²) in [7, 11) is 0. The molecule has 0 aromatic carbocycles. The van der Waals surface area contributed by atoms with Crippen molar-refractivity contribution in [3.63, 3.8) is 0 Å². The second-order valence-corrected chi connectivity index (χ2v) is 5.25. The molecule has 1 aliphatic rings. The molecule has 3 rings (SSSR count). The summed E-state index contributed by atoms with van der Waals surface area (Å²) < 4.78 is 5.22. The number of hydrogen-bond donors (Lipinski definition) is 0. The Kier molecular flexibility index (Phi) is 4.04. The summed E-state index contributed by atoms with van der Waals surface area (Å²) in [5.74, 6) is 1.38. The van der Waals surface area contributed by atoms with Gasteiger partial charge in [-0.1, -0.05) is 12.1 Å². The van der Waals surface area contributed by atoms with E-state index in [0.29, 0.717) is 42.5 Å². The molecule has 0 N–H and O–H groups in total. The number of piperazine rings is 1. The van der Waals surface area contributed by atoms with Gasteiger partial charge in [0.2, 0.25) is 5.95 Å². The first-order valence-corrected chi connectivity index (χ1v) is 7.47. The van der Waals surface area contributed by atoms with Gasteiger partial charge >= 0.3 is 0 Å². The van der Waals surface area contributed by atoms with Crippen molar-refractivity contribution in [2.24, 2.45) is 0 Å². The first kappa shape index (κ1) is 14.5. The van der Waals surface area contributed by atoms with Crippen LogP contribution in [0.3, 0.4) is 0 Å². The highest BCUT2D eigenvalue weighted by molar-refractivity contribution is 5.96. The molecule has 7 nitrogen and oxygen atoms in total. The zero-order valence-corrected chi connectivity index (χ0v) is 12.8. The van der Waals surface area contributed by atoms with Gasteiger partial charge in [-0.2, -0.15) is 0 Å². The fraction of sp³-hybridized carbons (Fsp3) is 0.467. The van der Waals surface area contributed by atoms with Crippen molar-refractivity contribution in [1.82, 2.24) is 20.0 Å². The minimum absolute atomic E-state index is 0.00392. The van der Waals surface area contributed by atoms with Crippen LogP contribution in [0.1, 0.15) is 28.7 Å². The minimum Gasteiger partial charge on any atom is -0.360 e. The normalized spacial score (nSPS) is 15.2. The standard InChI is InChI=1S/C15H19N5O2/c1-3-12-13(11(2)18-22-12)14(21)19-7-9-20(10-8-19)15-16-5-4-6-17-15/h4-6H,3,7-10H2,1-2H3. The largest absolute Gasteiger partial charge is 0.360 e. The van der Waals surface area contributed by atoms with Gasteiger partial charge in [-0.3, -0.25) is 4.79 Å². The summed E-state index contributed by atoms with van der Waals surface area (Å²) in [6.45, 7) is 6.50. The fourth-order valence-electron chi connectivity index (χ4n) is 2.65. The van der Waals surface area contributed by atoms with E-state index in [0.717, 1.165) is 13.1 Å². The molecule has 0 spiro atoms. The van der Waals surface area contributed by atoms with E-state index in [9.17, 15) is 4.79 Å². The van der Waals surface area contributed by atoms with Crippen molar-refractivity contribution in [1.29, 1.82) is 0 Å². The maximum Gasteiger partial charge on any atom is 0.259 e. The van der Waals surface area contributed by atoms with Crippen LogP contribution in [0.2, 0.25) is 0 Å². The second-order valence-electron chi connectivity index (χ2n) is 5.25. The third-order valence-corrected chi connectivity index (χ3v) is 3.87. The van der Waals surface area contributed by atoms with Gasteiger partial charge in [0.25, 0.3) is 5.91 Å². The Hall–Kier alpha value is -2.44. The van der Waals surface area contributed by atoms with Crippen molar-refractivity contribution in [2.45, 2.75) is 20.3 Å². The van der Waals surface area contributed by atoms with Crippen LogP contribution in [-0.2, 0) is 6.42 Å². The summed E-state index contributed by atoms with van der Waals surface area (Å²) >= 11 is 0. The van der Waals surface area contributed by atoms with Gasteiger partial charge in [0.1, 0.15) is 11.3 Å². The van der Waals surface area contributed by atoms with Gasteiger partial charge in [-0.05, 0) is 13.0 Å². The number of nitrogens with zero attached hydrogens (tertiary/aromatic N) is 5. The maximum absolute atomic E-state index is 12.7. The summed E-state index contributed by atoms with van der Waals surface area (Å²) in [6.07, 6.45) is 4.13. The van der Waals surface area contributed by atoms with Crippen LogP contribution in [-0.4, -0.2) is 52.1 Å². The molecule has 22 heavy (non-hydrogen) atoms. The number of amides is 1. The van der Waals surface area contributed by atoms with Crippen LogP contribution in [0.4, 0.5) is 5.95 Å². The Morgan fingerprint density at radius 1 is 1.23 bits per heavy atom. The predicted molar refractivity (Wildman–Crippen MR) is 80.8 cm³/mol. The van der Waals surface area contributed by atoms with E-state index in [-0.39, 0.29) is 5.91 Å². The van der Waals surface area contributed by atoms with Crippen molar-refractivity contribution < 1.29 is 9.32 Å². The van der Waals surface area contributed by atoms with E-state index in [1.54, 1.807) is 18.5 Å². The highest BCUT2D eigenvalue weighted by Gasteiger charge is 2.27. The van der Waals surface area contributed by atoms with Gasteiger partial charge in [0.05, 0.1) is 5.69 Å². The van der Waals surface area contributed by atoms with Crippen LogP contribution in [0.5, 0.6) is 0 Å². The third kappa shape index (κ3) is 2.66. The van der Waals surface area contributed by atoms with Gasteiger partial charge in [-0.25, -0.2) is 9.97 Å². The van der Waals surface area contributed by atoms with E-state index in [4.69, 9.17) is 4.52 Å². The quantitative estimate of drug-likeness (QED) is 0.850. The van der Waals surface area contributed by atoms with Gasteiger partial charge in [0.15, 0.2) is 0 Å². The Morgan fingerprint density at radius 2 is 1.91 bits per heavy atom. The van der Waals surface area contributed by atoms with Crippen LogP contribution in [0.25, 0.3) is 0 Å². The lowest BCUT2D eigenvalue weighted by molar-refractivity contribution is 0.0743. The molecule has 1 aliphatic heterocycles. The van der Waals surface area contributed by atoms with E-state index in [2.05, 4.69) is 20.0 Å². The number of carbonyl (C=O) groups is 1. The molecule has 0 radical (unpaired) electrons. The summed E-state index contributed by atoms with van der Waals surface area (Å²) in [4.78, 5) is 25.1. The lowest BCUT2D eigenvalue weighted by Gasteiger charge is -2.34. The molecule has 3 heterocycles. The molecule has 2 aromatic rings. The smallest absolute Gasteiger partial charge is 0.259 e. The van der Waals surface area contributed by atoms with Crippen LogP contribution in [0, 0.1) is 6.92 Å². The molecular formula is C15H19N5O2. The average molecular weight is 301 g/mol. The topological polar surface area (TPSA) is 75.4 Å². The average Bonchev–Trinajstić information content (AvgIpc) is 2.96. The SMILES string of the molecule is CCc1onc(C)c1C(=O)N1CCN(c2ncccn2)CC1. The zero-order chi connectivity index (χ0) is 15.5. The molecule has 7 heteroatoms. The summed E-state index contributed by atoms with van der Waals surface area (Å²) in [5, 5.41) is 3.91. The number of hydrogen-bond acceptors (Lipinski definition) is 6.